The van der Waals surface area contributed by atoms with E-state index in [-0.39, 0.29) is 10.0 Å². The first-order chi connectivity index (χ1) is 12.3. The van der Waals surface area contributed by atoms with Crippen molar-refractivity contribution in [2.24, 2.45) is 0 Å². The van der Waals surface area contributed by atoms with Crippen LogP contribution in [0.5, 0.6) is 0 Å². The Kier molecular flexibility index (Phi) is 4.89. The number of anilines is 1. The number of urea groups is 1. The SMILES string of the molecule is C[C@]1(c2ccccc2)NC(=O)N(CC(=O)Nc2cccc(Cl)c2Cl)C1=O. The highest BCUT2D eigenvalue weighted by molar-refractivity contribution is 6.44. The molecule has 2 N–H and O–H groups in total. The monoisotopic (exact) mass is 391 g/mol. The predicted molar refractivity (Wildman–Crippen MR) is 99.1 cm³/mol. The third kappa shape index (κ3) is 3.25. The average molecular weight is 392 g/mol. The van der Waals surface area contributed by atoms with Gasteiger partial charge < -0.3 is 10.6 Å². The molecule has 0 aromatic heterocycles. The van der Waals surface area contributed by atoms with Crippen molar-refractivity contribution in [1.82, 2.24) is 10.2 Å². The molecule has 26 heavy (non-hydrogen) atoms. The molecule has 1 atom stereocenters. The van der Waals surface area contributed by atoms with E-state index in [9.17, 15) is 14.4 Å². The fourth-order valence-electron chi connectivity index (χ4n) is 2.74. The average Bonchev–Trinajstić information content (AvgIpc) is 2.84. The van der Waals surface area contributed by atoms with E-state index in [4.69, 9.17) is 23.2 Å². The number of hydrogen-bond acceptors (Lipinski definition) is 3. The van der Waals surface area contributed by atoms with Gasteiger partial charge in [0.15, 0.2) is 0 Å². The molecule has 1 aliphatic heterocycles. The van der Waals surface area contributed by atoms with Crippen molar-refractivity contribution in [2.45, 2.75) is 12.5 Å². The van der Waals surface area contributed by atoms with Crippen molar-refractivity contribution in [2.75, 3.05) is 11.9 Å². The lowest BCUT2D eigenvalue weighted by atomic mass is 9.92. The van der Waals surface area contributed by atoms with Crippen LogP contribution in [-0.4, -0.2) is 29.3 Å². The second kappa shape index (κ2) is 6.97. The van der Waals surface area contributed by atoms with Crippen LogP contribution in [0, 0.1) is 0 Å². The number of nitrogens with zero attached hydrogens (tertiary/aromatic N) is 1. The molecule has 0 aliphatic carbocycles. The van der Waals surface area contributed by atoms with Crippen molar-refractivity contribution in [3.63, 3.8) is 0 Å². The molecule has 4 amide bonds. The van der Waals surface area contributed by atoms with Gasteiger partial charge in [0.1, 0.15) is 12.1 Å². The molecule has 1 fully saturated rings. The summed E-state index contributed by atoms with van der Waals surface area (Å²) in [5.74, 6) is -1.06. The van der Waals surface area contributed by atoms with Gasteiger partial charge in [-0.05, 0) is 24.6 Å². The Balaban J connectivity index is 1.76. The summed E-state index contributed by atoms with van der Waals surface area (Å²) < 4.78 is 0. The first-order valence-electron chi connectivity index (χ1n) is 7.76. The van der Waals surface area contributed by atoms with E-state index in [1.165, 1.54) is 0 Å². The summed E-state index contributed by atoms with van der Waals surface area (Å²) in [6.07, 6.45) is 0. The van der Waals surface area contributed by atoms with Gasteiger partial charge in [-0.1, -0.05) is 59.6 Å². The van der Waals surface area contributed by atoms with Gasteiger partial charge in [-0.3, -0.25) is 14.5 Å². The van der Waals surface area contributed by atoms with Gasteiger partial charge in [-0.15, -0.1) is 0 Å². The molecular weight excluding hydrogens is 377 g/mol. The Morgan fingerprint density at radius 1 is 1.12 bits per heavy atom. The predicted octanol–water partition coefficient (Wildman–Crippen LogP) is 3.40. The van der Waals surface area contributed by atoms with Crippen LogP contribution in [0.1, 0.15) is 12.5 Å². The summed E-state index contributed by atoms with van der Waals surface area (Å²) >= 11 is 11.9. The molecule has 2 aromatic rings. The summed E-state index contributed by atoms with van der Waals surface area (Å²) in [4.78, 5) is 38.2. The number of benzene rings is 2. The number of carbonyl (C=O) groups excluding carboxylic acids is 3. The number of amides is 4. The second-order valence-corrected chi connectivity index (χ2v) is 6.75. The smallest absolute Gasteiger partial charge is 0.323 e. The lowest BCUT2D eigenvalue weighted by Gasteiger charge is -2.22. The standard InChI is InChI=1S/C18H15Cl2N3O3/c1-18(11-6-3-2-4-7-11)16(25)23(17(26)22-18)10-14(24)21-13-9-5-8-12(19)15(13)20/h2-9H,10H2,1H3,(H,21,24)(H,22,26)/t18-/m1/s1. The first kappa shape index (κ1) is 18.2. The minimum absolute atomic E-state index is 0.189. The fourth-order valence-corrected chi connectivity index (χ4v) is 3.09. The maximum Gasteiger partial charge on any atom is 0.325 e. The third-order valence-electron chi connectivity index (χ3n) is 4.15. The highest BCUT2D eigenvalue weighted by Gasteiger charge is 2.49. The lowest BCUT2D eigenvalue weighted by Crippen LogP contribution is -2.42. The van der Waals surface area contributed by atoms with Crippen LogP contribution in [0.4, 0.5) is 10.5 Å². The summed E-state index contributed by atoms with van der Waals surface area (Å²) in [7, 11) is 0. The van der Waals surface area contributed by atoms with E-state index in [2.05, 4.69) is 10.6 Å². The second-order valence-electron chi connectivity index (χ2n) is 5.96. The molecule has 0 saturated carbocycles. The maximum absolute atomic E-state index is 12.8. The number of halogens is 2. The number of rotatable bonds is 4. The Morgan fingerprint density at radius 2 is 1.81 bits per heavy atom. The van der Waals surface area contributed by atoms with Crippen LogP contribution < -0.4 is 10.6 Å². The molecule has 1 saturated heterocycles. The minimum Gasteiger partial charge on any atom is -0.323 e. The molecule has 6 nitrogen and oxygen atoms in total. The van der Waals surface area contributed by atoms with Crippen molar-refractivity contribution in [3.8, 4) is 0 Å². The molecule has 2 aromatic carbocycles. The summed E-state index contributed by atoms with van der Waals surface area (Å²) in [6.45, 7) is 1.17. The van der Waals surface area contributed by atoms with Gasteiger partial charge in [0, 0.05) is 0 Å². The Hall–Kier alpha value is -2.57. The summed E-state index contributed by atoms with van der Waals surface area (Å²) in [6, 6.07) is 13.0. The number of imide groups is 1. The molecule has 0 bridgehead atoms. The number of nitrogens with one attached hydrogen (secondary N) is 2. The summed E-state index contributed by atoms with van der Waals surface area (Å²) in [5, 5.41) is 5.68. The zero-order chi connectivity index (χ0) is 18.9. The minimum atomic E-state index is -1.22. The van der Waals surface area contributed by atoms with Crippen LogP contribution >= 0.6 is 23.2 Å². The van der Waals surface area contributed by atoms with E-state index >= 15 is 0 Å². The maximum atomic E-state index is 12.8. The van der Waals surface area contributed by atoms with Gasteiger partial charge in [0.25, 0.3) is 5.91 Å². The zero-order valence-electron chi connectivity index (χ0n) is 13.8. The quantitative estimate of drug-likeness (QED) is 0.783. The fraction of sp³-hybridized carbons (Fsp3) is 0.167. The van der Waals surface area contributed by atoms with Crippen molar-refractivity contribution in [3.05, 3.63) is 64.1 Å². The highest BCUT2D eigenvalue weighted by Crippen LogP contribution is 2.30. The van der Waals surface area contributed by atoms with Gasteiger partial charge in [0.05, 0.1) is 15.7 Å². The third-order valence-corrected chi connectivity index (χ3v) is 4.97. The van der Waals surface area contributed by atoms with Crippen molar-refractivity contribution < 1.29 is 14.4 Å². The molecule has 134 valence electrons. The van der Waals surface area contributed by atoms with Gasteiger partial charge in [-0.25, -0.2) is 4.79 Å². The lowest BCUT2D eigenvalue weighted by molar-refractivity contribution is -0.133. The normalized spacial score (nSPS) is 19.4. The first-order valence-corrected chi connectivity index (χ1v) is 8.52. The highest BCUT2D eigenvalue weighted by atomic mass is 35.5. The van der Waals surface area contributed by atoms with Crippen LogP contribution in [0.25, 0.3) is 0 Å². The van der Waals surface area contributed by atoms with Crippen molar-refractivity contribution >= 4 is 46.7 Å². The zero-order valence-corrected chi connectivity index (χ0v) is 15.3. The molecule has 1 heterocycles. The van der Waals surface area contributed by atoms with Crippen LogP contribution in [0.15, 0.2) is 48.5 Å². The topological polar surface area (TPSA) is 78.5 Å². The van der Waals surface area contributed by atoms with Crippen LogP contribution in [0.3, 0.4) is 0 Å². The van der Waals surface area contributed by atoms with E-state index < -0.39 is 29.9 Å². The van der Waals surface area contributed by atoms with E-state index in [0.717, 1.165) is 4.90 Å². The molecule has 8 heteroatoms. The number of hydrogen-bond donors (Lipinski definition) is 2. The Morgan fingerprint density at radius 3 is 2.50 bits per heavy atom. The molecular formula is C18H15Cl2N3O3. The number of carbonyl (C=O) groups is 3. The molecule has 0 unspecified atom stereocenters. The van der Waals surface area contributed by atoms with Gasteiger partial charge in [0.2, 0.25) is 5.91 Å². The summed E-state index contributed by atoms with van der Waals surface area (Å²) in [5.41, 5.74) is -0.270. The molecule has 0 radical (unpaired) electrons. The van der Waals surface area contributed by atoms with E-state index in [0.29, 0.717) is 11.3 Å². The van der Waals surface area contributed by atoms with Gasteiger partial charge >= 0.3 is 6.03 Å². The van der Waals surface area contributed by atoms with Crippen molar-refractivity contribution in [1.29, 1.82) is 0 Å². The largest absolute Gasteiger partial charge is 0.325 e. The molecule has 3 rings (SSSR count). The van der Waals surface area contributed by atoms with E-state index in [1.54, 1.807) is 49.4 Å². The van der Waals surface area contributed by atoms with Crippen LogP contribution in [0.2, 0.25) is 10.0 Å². The van der Waals surface area contributed by atoms with Gasteiger partial charge in [-0.2, -0.15) is 0 Å². The Labute approximate surface area is 160 Å². The van der Waals surface area contributed by atoms with Crippen LogP contribution in [-0.2, 0) is 15.1 Å². The van der Waals surface area contributed by atoms with E-state index in [1.807, 2.05) is 6.07 Å². The molecule has 1 aliphatic rings. The Bertz CT molecular complexity index is 889. The molecule has 0 spiro atoms.